The summed E-state index contributed by atoms with van der Waals surface area (Å²) in [6, 6.07) is 12.8. The molecule has 1 aromatic heterocycles. The first-order valence-corrected chi connectivity index (χ1v) is 12.1. The van der Waals surface area contributed by atoms with Crippen LogP contribution >= 0.6 is 0 Å². The lowest BCUT2D eigenvalue weighted by Gasteiger charge is -2.42. The molecule has 0 amide bonds. The maximum Gasteiger partial charge on any atom is 0.307 e. The van der Waals surface area contributed by atoms with Crippen LogP contribution in [-0.2, 0) is 17.8 Å². The molecular formula is C28H33FN4O2. The summed E-state index contributed by atoms with van der Waals surface area (Å²) in [7, 11) is 0. The monoisotopic (exact) mass is 476 g/mol. The van der Waals surface area contributed by atoms with E-state index in [9.17, 15) is 14.3 Å². The number of carbonyl (C=O) groups is 1. The Labute approximate surface area is 206 Å². The largest absolute Gasteiger partial charge is 0.481 e. The van der Waals surface area contributed by atoms with Crippen molar-refractivity contribution in [3.05, 3.63) is 77.4 Å². The first-order chi connectivity index (χ1) is 16.8. The molecule has 0 aliphatic carbocycles. The van der Waals surface area contributed by atoms with Crippen LogP contribution in [0.2, 0.25) is 0 Å². The van der Waals surface area contributed by atoms with E-state index in [2.05, 4.69) is 39.7 Å². The Balaban J connectivity index is 1.48. The van der Waals surface area contributed by atoms with Crippen LogP contribution in [0.15, 0.2) is 54.9 Å². The Hall–Kier alpha value is -3.32. The first kappa shape index (κ1) is 24.8. The molecule has 1 atom stereocenters. The molecule has 7 heteroatoms. The van der Waals surface area contributed by atoms with Crippen molar-refractivity contribution in [2.24, 2.45) is 5.92 Å². The van der Waals surface area contributed by atoms with E-state index in [1.165, 1.54) is 12.1 Å². The Kier molecular flexibility index (Phi) is 7.76. The molecule has 184 valence electrons. The third-order valence-electron chi connectivity index (χ3n) is 6.32. The fraction of sp³-hybridized carbons (Fsp3) is 0.393. The van der Waals surface area contributed by atoms with Crippen molar-refractivity contribution in [2.45, 2.75) is 46.2 Å². The molecule has 1 N–H and O–H groups in total. The minimum Gasteiger partial charge on any atom is -0.481 e. The molecule has 1 saturated heterocycles. The van der Waals surface area contributed by atoms with Gasteiger partial charge in [-0.3, -0.25) is 9.69 Å². The summed E-state index contributed by atoms with van der Waals surface area (Å²) in [4.78, 5) is 25.2. The van der Waals surface area contributed by atoms with E-state index in [1.807, 2.05) is 25.1 Å². The quantitative estimate of drug-likeness (QED) is 0.496. The number of aromatic nitrogens is 2. The van der Waals surface area contributed by atoms with E-state index < -0.39 is 5.97 Å². The third-order valence-corrected chi connectivity index (χ3v) is 6.32. The van der Waals surface area contributed by atoms with Gasteiger partial charge in [0.25, 0.3) is 0 Å². The Morgan fingerprint density at radius 2 is 1.83 bits per heavy atom. The summed E-state index contributed by atoms with van der Waals surface area (Å²) >= 11 is 0. The third kappa shape index (κ3) is 6.63. The summed E-state index contributed by atoms with van der Waals surface area (Å²) < 4.78 is 13.6. The first-order valence-electron chi connectivity index (χ1n) is 12.1. The fourth-order valence-electron chi connectivity index (χ4n) is 4.93. The SMILES string of the molecule is Cc1cc(CC(=O)O)cc(CN2CCN(c3ncc(-c4cccc(F)c4)cn3)[C@H](CC(C)C)C2)c1. The summed E-state index contributed by atoms with van der Waals surface area (Å²) in [5.41, 5.74) is 4.64. The molecule has 2 heterocycles. The number of carboxylic acid groups (broad SMARTS) is 1. The normalized spacial score (nSPS) is 16.6. The van der Waals surface area contributed by atoms with E-state index in [1.54, 1.807) is 18.5 Å². The maximum atomic E-state index is 13.6. The second kappa shape index (κ2) is 11.0. The lowest BCUT2D eigenvalue weighted by Crippen LogP contribution is -2.54. The molecule has 35 heavy (non-hydrogen) atoms. The molecule has 4 rings (SSSR count). The van der Waals surface area contributed by atoms with Crippen LogP contribution in [0.5, 0.6) is 0 Å². The average molecular weight is 477 g/mol. The Bertz CT molecular complexity index is 1170. The van der Waals surface area contributed by atoms with Gasteiger partial charge in [-0.25, -0.2) is 14.4 Å². The smallest absolute Gasteiger partial charge is 0.307 e. The second-order valence-corrected chi connectivity index (χ2v) is 9.89. The van der Waals surface area contributed by atoms with Gasteiger partial charge < -0.3 is 10.0 Å². The van der Waals surface area contributed by atoms with Gasteiger partial charge in [-0.2, -0.15) is 0 Å². The summed E-state index contributed by atoms with van der Waals surface area (Å²) in [6.45, 7) is 9.81. The number of carboxylic acids is 1. The number of halogens is 1. The second-order valence-electron chi connectivity index (χ2n) is 9.89. The van der Waals surface area contributed by atoms with Crippen LogP contribution in [0.1, 0.15) is 37.0 Å². The number of benzene rings is 2. The van der Waals surface area contributed by atoms with Gasteiger partial charge >= 0.3 is 5.97 Å². The van der Waals surface area contributed by atoms with E-state index in [-0.39, 0.29) is 18.3 Å². The van der Waals surface area contributed by atoms with Gasteiger partial charge in [-0.15, -0.1) is 0 Å². The van der Waals surface area contributed by atoms with Crippen LogP contribution < -0.4 is 4.90 Å². The van der Waals surface area contributed by atoms with Gasteiger partial charge in [0.15, 0.2) is 0 Å². The summed E-state index contributed by atoms with van der Waals surface area (Å²) in [5, 5.41) is 9.18. The van der Waals surface area contributed by atoms with E-state index in [4.69, 9.17) is 0 Å². The summed E-state index contributed by atoms with van der Waals surface area (Å²) in [6.07, 6.45) is 4.60. The predicted molar refractivity (Wildman–Crippen MR) is 136 cm³/mol. The Morgan fingerprint density at radius 1 is 1.09 bits per heavy atom. The van der Waals surface area contributed by atoms with Crippen molar-refractivity contribution in [3.8, 4) is 11.1 Å². The molecule has 3 aromatic rings. The predicted octanol–water partition coefficient (Wildman–Crippen LogP) is 4.96. The number of anilines is 1. The molecule has 1 fully saturated rings. The zero-order chi connectivity index (χ0) is 24.9. The number of aryl methyl sites for hydroxylation is 1. The van der Waals surface area contributed by atoms with Crippen LogP contribution in [0.3, 0.4) is 0 Å². The average Bonchev–Trinajstić information content (AvgIpc) is 2.78. The van der Waals surface area contributed by atoms with Crippen LogP contribution in [-0.4, -0.2) is 51.6 Å². The Morgan fingerprint density at radius 3 is 2.51 bits per heavy atom. The van der Waals surface area contributed by atoms with Crippen molar-refractivity contribution in [3.63, 3.8) is 0 Å². The van der Waals surface area contributed by atoms with E-state index >= 15 is 0 Å². The van der Waals surface area contributed by atoms with Gasteiger partial charge in [0.05, 0.1) is 6.42 Å². The topological polar surface area (TPSA) is 69.6 Å². The molecule has 1 aliphatic rings. The number of aliphatic carboxylic acids is 1. The standard InChI is InChI=1S/C28H33FN4O2/c1-19(2)9-26-18-32(17-22-11-20(3)10-21(12-22)13-27(34)35)7-8-33(26)28-30-15-24(16-31-28)23-5-4-6-25(29)14-23/h4-6,10-12,14-16,19,26H,7-9,13,17-18H2,1-3H3,(H,34,35)/t26-/m1/s1. The molecule has 0 spiro atoms. The minimum absolute atomic E-state index is 0.0430. The van der Waals surface area contributed by atoms with E-state index in [0.29, 0.717) is 11.9 Å². The lowest BCUT2D eigenvalue weighted by molar-refractivity contribution is -0.136. The molecule has 1 aliphatic heterocycles. The molecule has 6 nitrogen and oxygen atoms in total. The van der Waals surface area contributed by atoms with Gasteiger partial charge in [0, 0.05) is 50.2 Å². The highest BCUT2D eigenvalue weighted by Crippen LogP contribution is 2.25. The fourth-order valence-corrected chi connectivity index (χ4v) is 4.93. The van der Waals surface area contributed by atoms with Crippen molar-refractivity contribution in [1.82, 2.24) is 14.9 Å². The van der Waals surface area contributed by atoms with Gasteiger partial charge in [-0.1, -0.05) is 49.7 Å². The molecule has 0 bridgehead atoms. The van der Waals surface area contributed by atoms with Crippen molar-refractivity contribution in [1.29, 1.82) is 0 Å². The number of nitrogens with zero attached hydrogens (tertiary/aromatic N) is 4. The van der Waals surface area contributed by atoms with Crippen molar-refractivity contribution in [2.75, 3.05) is 24.5 Å². The number of rotatable bonds is 8. The highest BCUT2D eigenvalue weighted by atomic mass is 19.1. The lowest BCUT2D eigenvalue weighted by atomic mass is 9.99. The zero-order valence-electron chi connectivity index (χ0n) is 20.6. The van der Waals surface area contributed by atoms with Gasteiger partial charge in [0.2, 0.25) is 5.95 Å². The molecular weight excluding hydrogens is 443 g/mol. The molecule has 2 aromatic carbocycles. The zero-order valence-corrected chi connectivity index (χ0v) is 20.6. The molecule has 0 unspecified atom stereocenters. The van der Waals surface area contributed by atoms with Crippen molar-refractivity contribution >= 4 is 11.9 Å². The van der Waals surface area contributed by atoms with E-state index in [0.717, 1.165) is 60.4 Å². The van der Waals surface area contributed by atoms with Gasteiger partial charge in [0.1, 0.15) is 5.82 Å². The minimum atomic E-state index is -0.810. The van der Waals surface area contributed by atoms with Crippen molar-refractivity contribution < 1.29 is 14.3 Å². The maximum absolute atomic E-state index is 13.6. The number of hydrogen-bond donors (Lipinski definition) is 1. The molecule has 0 radical (unpaired) electrons. The van der Waals surface area contributed by atoms with Gasteiger partial charge in [-0.05, 0) is 48.1 Å². The van der Waals surface area contributed by atoms with Crippen LogP contribution in [0.25, 0.3) is 11.1 Å². The highest BCUT2D eigenvalue weighted by Gasteiger charge is 2.29. The summed E-state index contributed by atoms with van der Waals surface area (Å²) in [5.74, 6) is 0.142. The molecule has 0 saturated carbocycles. The number of hydrogen-bond acceptors (Lipinski definition) is 5. The highest BCUT2D eigenvalue weighted by molar-refractivity contribution is 5.70. The number of piperazine rings is 1. The van der Waals surface area contributed by atoms with Crippen LogP contribution in [0.4, 0.5) is 10.3 Å². The van der Waals surface area contributed by atoms with Crippen LogP contribution in [0, 0.1) is 18.7 Å².